The monoisotopic (exact) mass is 115 g/mol. The van der Waals surface area contributed by atoms with Crippen molar-refractivity contribution in [3.63, 3.8) is 0 Å². The molecule has 0 aliphatic carbocycles. The Balaban J connectivity index is 3.55. The molecule has 0 fully saturated rings. The molecule has 8 heavy (non-hydrogen) atoms. The first-order chi connectivity index (χ1) is 3.42. The zero-order valence-corrected chi connectivity index (χ0v) is 5.91. The van der Waals surface area contributed by atoms with Gasteiger partial charge in [-0.25, -0.2) is 0 Å². The fourth-order valence-electron chi connectivity index (χ4n) is 0.528. The molecule has 0 saturated heterocycles. The third-order valence-corrected chi connectivity index (χ3v) is 0.551. The van der Waals surface area contributed by atoms with Crippen LogP contribution in [0.15, 0.2) is 0 Å². The summed E-state index contributed by atoms with van der Waals surface area (Å²) in [5.74, 6) is 0.0255. The second-order valence-electron chi connectivity index (χ2n) is 2.93. The van der Waals surface area contributed by atoms with Crippen molar-refractivity contribution in [2.45, 2.75) is 33.2 Å². The first kappa shape index (κ1) is 7.47. The molecule has 2 nitrogen and oxygen atoms in total. The van der Waals surface area contributed by atoms with Crippen LogP contribution < -0.4 is 5.32 Å². The molecule has 0 aromatic heterocycles. The summed E-state index contributed by atoms with van der Waals surface area (Å²) in [6.45, 7) is 7.38. The quantitative estimate of drug-likeness (QED) is 0.499. The number of hydrogen-bond donors (Lipinski definition) is 1. The SMILES string of the molecule is CC(=O)NC(C)(C)C. The van der Waals surface area contributed by atoms with Gasteiger partial charge in [0, 0.05) is 12.5 Å². The average Bonchev–Trinajstić information content (AvgIpc) is 1.21. The topological polar surface area (TPSA) is 29.1 Å². The van der Waals surface area contributed by atoms with Crippen LogP contribution in [0.4, 0.5) is 0 Å². The number of rotatable bonds is 0. The molecule has 0 rings (SSSR count). The van der Waals surface area contributed by atoms with Crippen molar-refractivity contribution in [3.8, 4) is 0 Å². The second kappa shape index (κ2) is 2.16. The van der Waals surface area contributed by atoms with Crippen LogP contribution >= 0.6 is 0 Å². The smallest absolute Gasteiger partial charge is 0.217 e. The van der Waals surface area contributed by atoms with Crippen molar-refractivity contribution in [2.24, 2.45) is 0 Å². The number of nitrogens with one attached hydrogen (secondary N) is 1. The van der Waals surface area contributed by atoms with E-state index in [1.807, 2.05) is 20.8 Å². The van der Waals surface area contributed by atoms with E-state index in [1.165, 1.54) is 6.92 Å². The maximum absolute atomic E-state index is 10.3. The van der Waals surface area contributed by atoms with Crippen LogP contribution in [0.2, 0.25) is 0 Å². The van der Waals surface area contributed by atoms with Crippen LogP contribution in [0, 0.1) is 0 Å². The highest BCUT2D eigenvalue weighted by atomic mass is 16.1. The minimum atomic E-state index is -0.0775. The number of hydrogen-bond acceptors (Lipinski definition) is 1. The summed E-state index contributed by atoms with van der Waals surface area (Å²) in [5.41, 5.74) is -0.0775. The first-order valence-corrected chi connectivity index (χ1v) is 2.70. The molecule has 2 heteroatoms. The maximum Gasteiger partial charge on any atom is 0.217 e. The molecule has 0 aromatic carbocycles. The number of amides is 1. The van der Waals surface area contributed by atoms with Crippen LogP contribution in [-0.2, 0) is 4.79 Å². The summed E-state index contributed by atoms with van der Waals surface area (Å²) in [6, 6.07) is 0. The first-order valence-electron chi connectivity index (χ1n) is 2.70. The van der Waals surface area contributed by atoms with Crippen molar-refractivity contribution in [1.29, 1.82) is 0 Å². The summed E-state index contributed by atoms with van der Waals surface area (Å²) < 4.78 is 0. The van der Waals surface area contributed by atoms with Gasteiger partial charge in [-0.1, -0.05) is 0 Å². The summed E-state index contributed by atoms with van der Waals surface area (Å²) in [7, 11) is 0. The van der Waals surface area contributed by atoms with Gasteiger partial charge in [0.1, 0.15) is 0 Å². The fraction of sp³-hybridized carbons (Fsp3) is 0.833. The standard InChI is InChI=1S/C6H13NO/c1-5(8)7-6(2,3)4/h1-4H3,(H,7,8). The molecular formula is C6H13NO. The van der Waals surface area contributed by atoms with Gasteiger partial charge in [-0.2, -0.15) is 0 Å². The molecule has 0 heterocycles. The van der Waals surface area contributed by atoms with Crippen LogP contribution in [0.3, 0.4) is 0 Å². The lowest BCUT2D eigenvalue weighted by molar-refractivity contribution is -0.120. The van der Waals surface area contributed by atoms with Crippen LogP contribution in [0.25, 0.3) is 0 Å². The van der Waals surface area contributed by atoms with Gasteiger partial charge in [0.25, 0.3) is 0 Å². The van der Waals surface area contributed by atoms with Crippen LogP contribution in [-0.4, -0.2) is 11.4 Å². The lowest BCUT2D eigenvalue weighted by Gasteiger charge is -2.18. The van der Waals surface area contributed by atoms with Gasteiger partial charge in [-0.05, 0) is 20.8 Å². The Morgan fingerprint density at radius 3 is 1.75 bits per heavy atom. The van der Waals surface area contributed by atoms with Gasteiger partial charge in [-0.3, -0.25) is 4.79 Å². The van der Waals surface area contributed by atoms with Gasteiger partial charge in [-0.15, -0.1) is 0 Å². The van der Waals surface area contributed by atoms with Crippen molar-refractivity contribution < 1.29 is 4.79 Å². The summed E-state index contributed by atoms with van der Waals surface area (Å²) >= 11 is 0. The molecule has 0 aliphatic rings. The Kier molecular flexibility index (Phi) is 2.02. The molecule has 48 valence electrons. The molecular weight excluding hydrogens is 102 g/mol. The summed E-state index contributed by atoms with van der Waals surface area (Å²) in [5, 5.41) is 2.74. The Morgan fingerprint density at radius 2 is 1.75 bits per heavy atom. The second-order valence-corrected chi connectivity index (χ2v) is 2.93. The lowest BCUT2D eigenvalue weighted by atomic mass is 10.1. The van der Waals surface area contributed by atoms with Crippen molar-refractivity contribution in [2.75, 3.05) is 0 Å². The van der Waals surface area contributed by atoms with E-state index < -0.39 is 0 Å². The normalized spacial score (nSPS) is 11.0. The van der Waals surface area contributed by atoms with E-state index in [4.69, 9.17) is 0 Å². The predicted octanol–water partition coefficient (Wildman–Crippen LogP) is 0.921. The Bertz CT molecular complexity index is 91.2. The molecule has 0 bridgehead atoms. The molecule has 1 amide bonds. The highest BCUT2D eigenvalue weighted by Gasteiger charge is 2.08. The minimum absolute atomic E-state index is 0.0255. The molecule has 1 N–H and O–H groups in total. The highest BCUT2D eigenvalue weighted by Crippen LogP contribution is 1.96. The van der Waals surface area contributed by atoms with E-state index in [0.29, 0.717) is 0 Å². The largest absolute Gasteiger partial charge is 0.352 e. The van der Waals surface area contributed by atoms with Gasteiger partial charge in [0.05, 0.1) is 0 Å². The number of carbonyl (C=O) groups excluding carboxylic acids is 1. The van der Waals surface area contributed by atoms with Crippen molar-refractivity contribution in [3.05, 3.63) is 0 Å². The number of carbonyl (C=O) groups is 1. The lowest BCUT2D eigenvalue weighted by Crippen LogP contribution is -2.38. The van der Waals surface area contributed by atoms with Crippen LogP contribution in [0.5, 0.6) is 0 Å². The molecule has 0 atom stereocenters. The third kappa shape index (κ3) is 5.47. The molecule has 0 unspecified atom stereocenters. The van der Waals surface area contributed by atoms with E-state index in [2.05, 4.69) is 5.32 Å². The zero-order chi connectivity index (χ0) is 6.78. The Labute approximate surface area is 50.3 Å². The molecule has 0 aromatic rings. The Hall–Kier alpha value is -0.530. The van der Waals surface area contributed by atoms with Gasteiger partial charge in [0.2, 0.25) is 5.91 Å². The van der Waals surface area contributed by atoms with Crippen LogP contribution in [0.1, 0.15) is 27.7 Å². The van der Waals surface area contributed by atoms with Gasteiger partial charge < -0.3 is 5.32 Å². The Morgan fingerprint density at radius 1 is 1.38 bits per heavy atom. The summed E-state index contributed by atoms with van der Waals surface area (Å²) in [4.78, 5) is 10.3. The van der Waals surface area contributed by atoms with E-state index >= 15 is 0 Å². The zero-order valence-electron chi connectivity index (χ0n) is 5.91. The van der Waals surface area contributed by atoms with Crippen molar-refractivity contribution >= 4 is 5.91 Å². The van der Waals surface area contributed by atoms with E-state index in [0.717, 1.165) is 0 Å². The minimum Gasteiger partial charge on any atom is -0.352 e. The molecule has 0 spiro atoms. The van der Waals surface area contributed by atoms with E-state index in [1.54, 1.807) is 0 Å². The fourth-order valence-corrected chi connectivity index (χ4v) is 0.528. The van der Waals surface area contributed by atoms with Gasteiger partial charge >= 0.3 is 0 Å². The maximum atomic E-state index is 10.3. The predicted molar refractivity (Wildman–Crippen MR) is 33.6 cm³/mol. The highest BCUT2D eigenvalue weighted by molar-refractivity contribution is 5.73. The average molecular weight is 115 g/mol. The third-order valence-electron chi connectivity index (χ3n) is 0.551. The molecule has 0 aliphatic heterocycles. The van der Waals surface area contributed by atoms with Gasteiger partial charge in [0.15, 0.2) is 0 Å². The molecule has 0 saturated carbocycles. The molecule has 0 radical (unpaired) electrons. The van der Waals surface area contributed by atoms with Crippen molar-refractivity contribution in [1.82, 2.24) is 5.32 Å². The van der Waals surface area contributed by atoms with E-state index in [9.17, 15) is 4.79 Å². The van der Waals surface area contributed by atoms with E-state index in [-0.39, 0.29) is 11.4 Å². The summed E-state index contributed by atoms with van der Waals surface area (Å²) in [6.07, 6.45) is 0.